The molecule has 0 radical (unpaired) electrons. The number of fused-ring (bicyclic) bond motifs is 1. The van der Waals surface area contributed by atoms with Crippen molar-refractivity contribution < 1.29 is 4.42 Å². The van der Waals surface area contributed by atoms with Crippen LogP contribution in [-0.4, -0.2) is 24.0 Å². The van der Waals surface area contributed by atoms with E-state index in [0.29, 0.717) is 12.6 Å². The summed E-state index contributed by atoms with van der Waals surface area (Å²) in [7, 11) is 0. The monoisotopic (exact) mass is 272 g/mol. The highest BCUT2D eigenvalue weighted by Gasteiger charge is 2.34. The maximum atomic E-state index is 6.13. The van der Waals surface area contributed by atoms with Crippen molar-refractivity contribution in [2.45, 2.75) is 39.3 Å². The molecule has 1 fully saturated rings. The number of aryl methyl sites for hydroxylation is 1. The van der Waals surface area contributed by atoms with Crippen LogP contribution in [0.2, 0.25) is 0 Å². The molecule has 3 heteroatoms. The second-order valence-corrected chi connectivity index (χ2v) is 6.21. The Morgan fingerprint density at radius 3 is 2.75 bits per heavy atom. The van der Waals surface area contributed by atoms with Gasteiger partial charge in [-0.1, -0.05) is 25.1 Å². The van der Waals surface area contributed by atoms with E-state index in [1.807, 2.05) is 12.1 Å². The molecule has 1 aromatic heterocycles. The molecule has 2 heterocycles. The van der Waals surface area contributed by atoms with E-state index in [-0.39, 0.29) is 6.04 Å². The van der Waals surface area contributed by atoms with Crippen molar-refractivity contribution in [2.75, 3.05) is 13.1 Å². The lowest BCUT2D eigenvalue weighted by Crippen LogP contribution is -2.36. The Kier molecular flexibility index (Phi) is 3.57. The lowest BCUT2D eigenvalue weighted by Gasteiger charge is -2.30. The van der Waals surface area contributed by atoms with Gasteiger partial charge in [0.05, 0.1) is 6.04 Å². The zero-order chi connectivity index (χ0) is 14.3. The number of para-hydroxylation sites is 1. The van der Waals surface area contributed by atoms with Gasteiger partial charge in [-0.15, -0.1) is 0 Å². The number of nitrogens with two attached hydrogens (primary N) is 1. The zero-order valence-electron chi connectivity index (χ0n) is 12.6. The second-order valence-electron chi connectivity index (χ2n) is 6.21. The van der Waals surface area contributed by atoms with Gasteiger partial charge in [0.15, 0.2) is 0 Å². The normalized spacial score (nSPS) is 25.4. The van der Waals surface area contributed by atoms with Gasteiger partial charge in [0.1, 0.15) is 11.3 Å². The number of furan rings is 1. The van der Waals surface area contributed by atoms with Crippen LogP contribution in [0.15, 0.2) is 28.7 Å². The number of hydrogen-bond donors (Lipinski definition) is 1. The molecular weight excluding hydrogens is 248 g/mol. The van der Waals surface area contributed by atoms with Gasteiger partial charge in [-0.25, -0.2) is 0 Å². The molecule has 20 heavy (non-hydrogen) atoms. The summed E-state index contributed by atoms with van der Waals surface area (Å²) in [5, 5.41) is 1.22. The first kappa shape index (κ1) is 13.7. The van der Waals surface area contributed by atoms with E-state index in [2.05, 4.69) is 37.8 Å². The molecule has 0 aliphatic carbocycles. The number of rotatable bonds is 3. The number of benzene rings is 1. The summed E-state index contributed by atoms with van der Waals surface area (Å²) in [4.78, 5) is 2.55. The summed E-state index contributed by atoms with van der Waals surface area (Å²) < 4.78 is 5.92. The molecule has 1 aromatic carbocycles. The molecule has 1 saturated heterocycles. The summed E-state index contributed by atoms with van der Waals surface area (Å²) in [5.74, 6) is 1.76. The summed E-state index contributed by atoms with van der Waals surface area (Å²) in [6.07, 6.45) is 1.26. The van der Waals surface area contributed by atoms with Gasteiger partial charge in [0.25, 0.3) is 0 Å². The van der Waals surface area contributed by atoms with Crippen LogP contribution in [0, 0.1) is 12.8 Å². The highest BCUT2D eigenvalue weighted by Crippen LogP contribution is 2.37. The van der Waals surface area contributed by atoms with Crippen molar-refractivity contribution in [3.05, 3.63) is 35.6 Å². The molecule has 3 rings (SSSR count). The third-order valence-corrected chi connectivity index (χ3v) is 4.61. The third kappa shape index (κ3) is 2.15. The van der Waals surface area contributed by atoms with E-state index >= 15 is 0 Å². The second kappa shape index (κ2) is 5.23. The molecule has 0 spiro atoms. The van der Waals surface area contributed by atoms with Crippen LogP contribution in [0.3, 0.4) is 0 Å². The van der Waals surface area contributed by atoms with Gasteiger partial charge >= 0.3 is 0 Å². The molecule has 3 nitrogen and oxygen atoms in total. The van der Waals surface area contributed by atoms with Crippen LogP contribution in [0.25, 0.3) is 11.0 Å². The summed E-state index contributed by atoms with van der Waals surface area (Å²) in [6.45, 7) is 8.46. The Hall–Kier alpha value is -1.32. The van der Waals surface area contributed by atoms with Crippen molar-refractivity contribution in [2.24, 2.45) is 11.7 Å². The van der Waals surface area contributed by atoms with E-state index < -0.39 is 0 Å². The molecule has 0 amide bonds. The highest BCUT2D eigenvalue weighted by atomic mass is 16.3. The van der Waals surface area contributed by atoms with E-state index in [1.54, 1.807) is 0 Å². The van der Waals surface area contributed by atoms with Gasteiger partial charge in [0.2, 0.25) is 0 Å². The van der Waals surface area contributed by atoms with Crippen molar-refractivity contribution >= 4 is 11.0 Å². The maximum absolute atomic E-state index is 6.13. The Bertz CT molecular complexity index is 604. The van der Waals surface area contributed by atoms with Crippen LogP contribution in [0.5, 0.6) is 0 Å². The van der Waals surface area contributed by atoms with Crippen molar-refractivity contribution in [3.8, 4) is 0 Å². The van der Waals surface area contributed by atoms with Gasteiger partial charge in [-0.3, -0.25) is 4.90 Å². The average molecular weight is 272 g/mol. The highest BCUT2D eigenvalue weighted by molar-refractivity contribution is 5.82. The van der Waals surface area contributed by atoms with Crippen molar-refractivity contribution in [3.63, 3.8) is 0 Å². The first-order chi connectivity index (χ1) is 9.61. The fourth-order valence-corrected chi connectivity index (χ4v) is 3.79. The quantitative estimate of drug-likeness (QED) is 0.930. The molecule has 2 aromatic rings. The SMILES string of the molecule is Cc1oc2ccccc2c1C(CN)N1CC(C)CC1C. The van der Waals surface area contributed by atoms with Gasteiger partial charge in [-0.2, -0.15) is 0 Å². The van der Waals surface area contributed by atoms with Crippen LogP contribution in [0.1, 0.15) is 37.6 Å². The van der Waals surface area contributed by atoms with Crippen LogP contribution in [0.4, 0.5) is 0 Å². The summed E-state index contributed by atoms with van der Waals surface area (Å²) in [5.41, 5.74) is 8.38. The molecule has 3 atom stereocenters. The average Bonchev–Trinajstić information content (AvgIpc) is 2.92. The Morgan fingerprint density at radius 2 is 2.10 bits per heavy atom. The van der Waals surface area contributed by atoms with E-state index in [4.69, 9.17) is 10.2 Å². The van der Waals surface area contributed by atoms with E-state index in [9.17, 15) is 0 Å². The minimum Gasteiger partial charge on any atom is -0.461 e. The largest absolute Gasteiger partial charge is 0.461 e. The molecule has 0 bridgehead atoms. The lowest BCUT2D eigenvalue weighted by atomic mass is 10.0. The molecule has 0 saturated carbocycles. The van der Waals surface area contributed by atoms with E-state index in [0.717, 1.165) is 23.8 Å². The maximum Gasteiger partial charge on any atom is 0.134 e. The zero-order valence-corrected chi connectivity index (χ0v) is 12.6. The topological polar surface area (TPSA) is 42.4 Å². The van der Waals surface area contributed by atoms with Crippen LogP contribution in [-0.2, 0) is 0 Å². The molecule has 108 valence electrons. The molecule has 2 N–H and O–H groups in total. The van der Waals surface area contributed by atoms with Crippen molar-refractivity contribution in [1.82, 2.24) is 4.90 Å². The number of hydrogen-bond acceptors (Lipinski definition) is 3. The van der Waals surface area contributed by atoms with Crippen molar-refractivity contribution in [1.29, 1.82) is 0 Å². The van der Waals surface area contributed by atoms with E-state index in [1.165, 1.54) is 17.4 Å². The first-order valence-corrected chi connectivity index (χ1v) is 7.55. The number of nitrogens with zero attached hydrogens (tertiary/aromatic N) is 1. The molecule has 1 aliphatic rings. The van der Waals surface area contributed by atoms with Gasteiger partial charge in [0, 0.05) is 30.1 Å². The first-order valence-electron chi connectivity index (χ1n) is 7.55. The van der Waals surface area contributed by atoms with Gasteiger partial charge < -0.3 is 10.2 Å². The number of likely N-dealkylation sites (tertiary alicyclic amines) is 1. The minimum atomic E-state index is 0.263. The predicted octanol–water partition coefficient (Wildman–Crippen LogP) is 3.47. The Labute approximate surface area is 120 Å². The Morgan fingerprint density at radius 1 is 1.35 bits per heavy atom. The van der Waals surface area contributed by atoms with Gasteiger partial charge in [-0.05, 0) is 32.3 Å². The van der Waals surface area contributed by atoms with Crippen LogP contribution >= 0.6 is 0 Å². The fourth-order valence-electron chi connectivity index (χ4n) is 3.79. The van der Waals surface area contributed by atoms with Crippen LogP contribution < -0.4 is 5.73 Å². The molecule has 1 aliphatic heterocycles. The lowest BCUT2D eigenvalue weighted by molar-refractivity contribution is 0.191. The molecular formula is C17H24N2O. The smallest absolute Gasteiger partial charge is 0.134 e. The predicted molar refractivity (Wildman–Crippen MR) is 82.7 cm³/mol. The summed E-state index contributed by atoms with van der Waals surface area (Å²) >= 11 is 0. The molecule has 3 unspecified atom stereocenters. The standard InChI is InChI=1S/C17H24N2O/c1-11-8-12(2)19(10-11)15(9-18)17-13(3)20-16-7-5-4-6-14(16)17/h4-7,11-12,15H,8-10,18H2,1-3H3. The minimum absolute atomic E-state index is 0.263. The third-order valence-electron chi connectivity index (χ3n) is 4.61. The summed E-state index contributed by atoms with van der Waals surface area (Å²) in [6, 6.07) is 9.13. The Balaban J connectivity index is 2.05. The fraction of sp³-hybridized carbons (Fsp3) is 0.529.